The minimum atomic E-state index is -0.141. The normalized spacial score (nSPS) is 10.9. The van der Waals surface area contributed by atoms with Crippen molar-refractivity contribution in [3.05, 3.63) is 75.6 Å². The van der Waals surface area contributed by atoms with Crippen molar-refractivity contribution in [3.8, 4) is 0 Å². The summed E-state index contributed by atoms with van der Waals surface area (Å²) >= 11 is 0. The number of aromatic nitrogens is 1. The van der Waals surface area contributed by atoms with Gasteiger partial charge in [-0.05, 0) is 56.5 Å². The summed E-state index contributed by atoms with van der Waals surface area (Å²) in [6.45, 7) is 8.44. The smallest absolute Gasteiger partial charge is 0.251 e. The highest BCUT2D eigenvalue weighted by Crippen LogP contribution is 2.21. The van der Waals surface area contributed by atoms with Crippen LogP contribution in [0.5, 0.6) is 0 Å². The summed E-state index contributed by atoms with van der Waals surface area (Å²) in [5, 5.41) is 1.01. The molecule has 0 saturated carbocycles. The number of rotatable bonds is 4. The van der Waals surface area contributed by atoms with Crippen LogP contribution < -0.4 is 10.5 Å². The van der Waals surface area contributed by atoms with Gasteiger partial charge in [0, 0.05) is 23.7 Å². The first-order valence-corrected chi connectivity index (χ1v) is 8.89. The Bertz CT molecular complexity index is 1030. The molecule has 134 valence electrons. The molecular weight excluding hydrogens is 324 g/mol. The number of anilines is 1. The number of aryl methyl sites for hydroxylation is 3. The van der Waals surface area contributed by atoms with Crippen LogP contribution in [0.2, 0.25) is 0 Å². The van der Waals surface area contributed by atoms with E-state index in [1.165, 1.54) is 0 Å². The molecule has 4 heteroatoms. The van der Waals surface area contributed by atoms with E-state index in [1.54, 1.807) is 15.5 Å². The number of benzene rings is 2. The number of pyridine rings is 1. The van der Waals surface area contributed by atoms with Crippen molar-refractivity contribution in [1.82, 2.24) is 4.57 Å². The lowest BCUT2D eigenvalue weighted by molar-refractivity contribution is -0.119. The van der Waals surface area contributed by atoms with Crippen LogP contribution in [0.4, 0.5) is 5.69 Å². The van der Waals surface area contributed by atoms with E-state index in [0.29, 0.717) is 6.54 Å². The van der Waals surface area contributed by atoms with Gasteiger partial charge >= 0.3 is 0 Å². The minimum Gasteiger partial charge on any atom is -0.311 e. The van der Waals surface area contributed by atoms with Gasteiger partial charge < -0.3 is 4.90 Å². The molecule has 0 aliphatic carbocycles. The number of amides is 1. The van der Waals surface area contributed by atoms with Gasteiger partial charge in [0.15, 0.2) is 0 Å². The predicted molar refractivity (Wildman–Crippen MR) is 107 cm³/mol. The van der Waals surface area contributed by atoms with E-state index in [4.69, 9.17) is 0 Å². The molecule has 0 unspecified atom stereocenters. The van der Waals surface area contributed by atoms with Crippen LogP contribution in [0, 0.1) is 20.8 Å². The van der Waals surface area contributed by atoms with Crippen molar-refractivity contribution in [2.75, 3.05) is 11.4 Å². The molecule has 4 nitrogen and oxygen atoms in total. The third-order valence-electron chi connectivity index (χ3n) is 4.76. The van der Waals surface area contributed by atoms with Crippen molar-refractivity contribution in [3.63, 3.8) is 0 Å². The molecule has 1 aromatic heterocycles. The molecule has 2 aromatic carbocycles. The highest BCUT2D eigenvalue weighted by Gasteiger charge is 2.17. The molecular formula is C22H24N2O2. The van der Waals surface area contributed by atoms with E-state index in [9.17, 15) is 9.59 Å². The summed E-state index contributed by atoms with van der Waals surface area (Å²) in [4.78, 5) is 27.4. The zero-order valence-corrected chi connectivity index (χ0v) is 15.7. The van der Waals surface area contributed by atoms with Gasteiger partial charge in [-0.15, -0.1) is 0 Å². The Morgan fingerprint density at radius 3 is 2.42 bits per heavy atom. The molecule has 0 spiro atoms. The van der Waals surface area contributed by atoms with Crippen LogP contribution in [0.3, 0.4) is 0 Å². The van der Waals surface area contributed by atoms with Crippen LogP contribution in [0.1, 0.15) is 23.6 Å². The minimum absolute atomic E-state index is 0.0300. The van der Waals surface area contributed by atoms with E-state index in [-0.39, 0.29) is 18.0 Å². The monoisotopic (exact) mass is 348 g/mol. The largest absolute Gasteiger partial charge is 0.311 e. The summed E-state index contributed by atoms with van der Waals surface area (Å²) in [5.41, 5.74) is 4.59. The quantitative estimate of drug-likeness (QED) is 0.716. The number of para-hydroxylation sites is 1. The van der Waals surface area contributed by atoms with Gasteiger partial charge in [-0.25, -0.2) is 0 Å². The predicted octanol–water partition coefficient (Wildman–Crippen LogP) is 3.98. The second-order valence-corrected chi connectivity index (χ2v) is 6.70. The molecule has 0 fully saturated rings. The highest BCUT2D eigenvalue weighted by molar-refractivity contribution is 5.94. The van der Waals surface area contributed by atoms with Gasteiger partial charge in [0.1, 0.15) is 6.54 Å². The van der Waals surface area contributed by atoms with Gasteiger partial charge in [0.2, 0.25) is 5.91 Å². The van der Waals surface area contributed by atoms with Crippen LogP contribution in [0.15, 0.2) is 53.3 Å². The van der Waals surface area contributed by atoms with E-state index in [0.717, 1.165) is 33.3 Å². The van der Waals surface area contributed by atoms with Crippen LogP contribution in [0.25, 0.3) is 10.9 Å². The number of fused-ring (bicyclic) bond motifs is 1. The average Bonchev–Trinajstić information content (AvgIpc) is 2.59. The highest BCUT2D eigenvalue weighted by atomic mass is 16.2. The molecule has 1 heterocycles. The van der Waals surface area contributed by atoms with Crippen LogP contribution in [-0.2, 0) is 11.3 Å². The Balaban J connectivity index is 2.06. The molecule has 3 rings (SSSR count). The molecule has 26 heavy (non-hydrogen) atoms. The SMILES string of the molecule is CCN(C(=O)Cn1c(=O)cc(C)c2cccc(C)c21)c1cccc(C)c1. The number of carbonyl (C=O) groups is 1. The number of hydrogen-bond acceptors (Lipinski definition) is 2. The summed E-state index contributed by atoms with van der Waals surface area (Å²) in [7, 11) is 0. The summed E-state index contributed by atoms with van der Waals surface area (Å²) in [5.74, 6) is -0.0893. The van der Waals surface area contributed by atoms with Crippen molar-refractivity contribution in [2.24, 2.45) is 0 Å². The summed E-state index contributed by atoms with van der Waals surface area (Å²) in [6.07, 6.45) is 0. The fraction of sp³-hybridized carbons (Fsp3) is 0.273. The molecule has 0 saturated heterocycles. The Hall–Kier alpha value is -2.88. The molecule has 0 N–H and O–H groups in total. The Morgan fingerprint density at radius 1 is 1.00 bits per heavy atom. The van der Waals surface area contributed by atoms with Gasteiger partial charge in [0.25, 0.3) is 5.56 Å². The third-order valence-corrected chi connectivity index (χ3v) is 4.76. The third kappa shape index (κ3) is 3.27. The molecule has 3 aromatic rings. The second-order valence-electron chi connectivity index (χ2n) is 6.70. The van der Waals surface area contributed by atoms with Gasteiger partial charge in [-0.1, -0.05) is 30.3 Å². The summed E-state index contributed by atoms with van der Waals surface area (Å²) in [6, 6.07) is 15.4. The van der Waals surface area contributed by atoms with E-state index < -0.39 is 0 Å². The number of likely N-dealkylation sites (N-methyl/N-ethyl adjacent to an activating group) is 1. The standard InChI is InChI=1S/C22H24N2O2/c1-5-23(18-10-6-8-15(2)12-18)21(26)14-24-20(25)13-17(4)19-11-7-9-16(3)22(19)24/h6-13H,5,14H2,1-4H3. The lowest BCUT2D eigenvalue weighted by Crippen LogP contribution is -2.36. The lowest BCUT2D eigenvalue weighted by atomic mass is 10.1. The molecule has 0 bridgehead atoms. The fourth-order valence-corrected chi connectivity index (χ4v) is 3.46. The molecule has 1 amide bonds. The molecule has 0 atom stereocenters. The Labute approximate surface area is 153 Å². The topological polar surface area (TPSA) is 42.3 Å². The second kappa shape index (κ2) is 7.16. The van der Waals surface area contributed by atoms with Gasteiger partial charge in [0.05, 0.1) is 5.52 Å². The first-order chi connectivity index (χ1) is 12.4. The number of carbonyl (C=O) groups excluding carboxylic acids is 1. The fourth-order valence-electron chi connectivity index (χ4n) is 3.46. The van der Waals surface area contributed by atoms with Gasteiger partial charge in [-0.2, -0.15) is 0 Å². The summed E-state index contributed by atoms with van der Waals surface area (Å²) < 4.78 is 1.60. The Morgan fingerprint density at radius 2 is 1.73 bits per heavy atom. The molecule has 0 aliphatic heterocycles. The van der Waals surface area contributed by atoms with E-state index >= 15 is 0 Å². The first-order valence-electron chi connectivity index (χ1n) is 8.89. The van der Waals surface area contributed by atoms with Crippen molar-refractivity contribution in [1.29, 1.82) is 0 Å². The van der Waals surface area contributed by atoms with Crippen molar-refractivity contribution < 1.29 is 4.79 Å². The Kier molecular flexibility index (Phi) is 4.94. The van der Waals surface area contributed by atoms with Crippen molar-refractivity contribution in [2.45, 2.75) is 34.2 Å². The van der Waals surface area contributed by atoms with Crippen LogP contribution in [-0.4, -0.2) is 17.0 Å². The molecule has 0 aliphatic rings. The van der Waals surface area contributed by atoms with Crippen molar-refractivity contribution >= 4 is 22.5 Å². The van der Waals surface area contributed by atoms with E-state index in [1.807, 2.05) is 70.2 Å². The first kappa shape index (κ1) is 17.9. The number of hydrogen-bond donors (Lipinski definition) is 0. The van der Waals surface area contributed by atoms with Crippen LogP contribution >= 0.6 is 0 Å². The zero-order valence-electron chi connectivity index (χ0n) is 15.7. The average molecular weight is 348 g/mol. The maximum Gasteiger partial charge on any atom is 0.251 e. The number of nitrogens with zero attached hydrogens (tertiary/aromatic N) is 2. The maximum absolute atomic E-state index is 13.0. The van der Waals surface area contributed by atoms with Gasteiger partial charge in [-0.3, -0.25) is 14.2 Å². The lowest BCUT2D eigenvalue weighted by Gasteiger charge is -2.23. The molecule has 0 radical (unpaired) electrons. The zero-order chi connectivity index (χ0) is 18.8. The van der Waals surface area contributed by atoms with E-state index in [2.05, 4.69) is 0 Å². The maximum atomic E-state index is 13.0.